The van der Waals surface area contributed by atoms with E-state index in [9.17, 15) is 4.79 Å². The predicted octanol–water partition coefficient (Wildman–Crippen LogP) is 1.49. The van der Waals surface area contributed by atoms with Crippen LogP contribution in [0, 0.1) is 6.42 Å². The molecular formula is C5H9OS. The number of thioether (sulfide) groups is 1. The predicted molar refractivity (Wildman–Crippen MR) is 33.1 cm³/mol. The van der Waals surface area contributed by atoms with E-state index in [0.29, 0.717) is 0 Å². The molecular weight excluding hydrogens is 108 g/mol. The summed E-state index contributed by atoms with van der Waals surface area (Å²) in [7, 11) is 0. The van der Waals surface area contributed by atoms with Crippen molar-refractivity contribution in [2.75, 3.05) is 5.75 Å². The van der Waals surface area contributed by atoms with Crippen molar-refractivity contribution in [2.45, 2.75) is 13.8 Å². The zero-order valence-electron chi connectivity index (χ0n) is 4.60. The first-order valence-corrected chi connectivity index (χ1v) is 3.17. The van der Waals surface area contributed by atoms with Crippen molar-refractivity contribution < 1.29 is 4.79 Å². The van der Waals surface area contributed by atoms with Gasteiger partial charge in [-0.2, -0.15) is 0 Å². The van der Waals surface area contributed by atoms with Gasteiger partial charge in [0.15, 0.2) is 5.12 Å². The lowest BCUT2D eigenvalue weighted by molar-refractivity contribution is -0.109. The fraction of sp³-hybridized carbons (Fsp3) is 0.600. The van der Waals surface area contributed by atoms with Crippen molar-refractivity contribution in [3.05, 3.63) is 6.42 Å². The van der Waals surface area contributed by atoms with E-state index in [1.54, 1.807) is 6.92 Å². The van der Waals surface area contributed by atoms with E-state index in [4.69, 9.17) is 0 Å². The summed E-state index contributed by atoms with van der Waals surface area (Å²) in [5.74, 6) is 0.843. The Morgan fingerprint density at radius 3 is 2.57 bits per heavy atom. The highest BCUT2D eigenvalue weighted by Crippen LogP contribution is 2.00. The quantitative estimate of drug-likeness (QED) is 0.545. The van der Waals surface area contributed by atoms with Gasteiger partial charge in [0.1, 0.15) is 0 Å². The van der Waals surface area contributed by atoms with Gasteiger partial charge in [0.2, 0.25) is 0 Å². The summed E-state index contributed by atoms with van der Waals surface area (Å²) in [5.41, 5.74) is 0. The van der Waals surface area contributed by atoms with Gasteiger partial charge in [0.25, 0.3) is 0 Å². The Balaban J connectivity index is 2.82. The molecule has 0 aliphatic carbocycles. The van der Waals surface area contributed by atoms with Gasteiger partial charge in [-0.15, -0.1) is 0 Å². The van der Waals surface area contributed by atoms with Gasteiger partial charge in [0, 0.05) is 12.7 Å². The molecule has 0 saturated carbocycles. The van der Waals surface area contributed by atoms with Crippen molar-refractivity contribution in [3.63, 3.8) is 0 Å². The zero-order valence-corrected chi connectivity index (χ0v) is 5.42. The highest BCUT2D eigenvalue weighted by Gasteiger charge is 1.87. The van der Waals surface area contributed by atoms with Crippen LogP contribution < -0.4 is 0 Å². The minimum atomic E-state index is 0.193. The average molecular weight is 117 g/mol. The summed E-state index contributed by atoms with van der Waals surface area (Å²) in [6, 6.07) is 0. The second-order valence-corrected chi connectivity index (χ2v) is 2.41. The Labute approximate surface area is 48.5 Å². The second-order valence-electron chi connectivity index (χ2n) is 1.21. The minimum Gasteiger partial charge on any atom is -0.288 e. The molecule has 0 N–H and O–H groups in total. The van der Waals surface area contributed by atoms with Crippen LogP contribution >= 0.6 is 11.8 Å². The standard InChI is InChI=1S/C5H9OS/c1-3-4-7-5(2)6/h3H,4H2,1-2H3. The molecule has 0 fully saturated rings. The molecule has 2 heteroatoms. The summed E-state index contributed by atoms with van der Waals surface area (Å²) < 4.78 is 0. The normalized spacial score (nSPS) is 8.86. The highest BCUT2D eigenvalue weighted by molar-refractivity contribution is 8.13. The fourth-order valence-corrected chi connectivity index (χ4v) is 0.602. The molecule has 0 bridgehead atoms. The smallest absolute Gasteiger partial charge is 0.185 e. The molecule has 0 amide bonds. The Hall–Kier alpha value is 0.0200. The maximum absolute atomic E-state index is 10.1. The molecule has 0 aliphatic heterocycles. The summed E-state index contributed by atoms with van der Waals surface area (Å²) in [6.45, 7) is 3.52. The maximum atomic E-state index is 10.1. The third kappa shape index (κ3) is 6.02. The molecule has 7 heavy (non-hydrogen) atoms. The van der Waals surface area contributed by atoms with E-state index in [1.165, 1.54) is 11.8 Å². The van der Waals surface area contributed by atoms with Gasteiger partial charge in [-0.3, -0.25) is 4.79 Å². The minimum absolute atomic E-state index is 0.193. The summed E-state index contributed by atoms with van der Waals surface area (Å²) >= 11 is 1.34. The van der Waals surface area contributed by atoms with Crippen LogP contribution in [0.1, 0.15) is 13.8 Å². The van der Waals surface area contributed by atoms with Gasteiger partial charge < -0.3 is 0 Å². The van der Waals surface area contributed by atoms with Crippen molar-refractivity contribution in [3.8, 4) is 0 Å². The Morgan fingerprint density at radius 2 is 2.43 bits per heavy atom. The molecule has 0 unspecified atom stereocenters. The Bertz CT molecular complexity index is 61.1. The largest absolute Gasteiger partial charge is 0.288 e. The monoisotopic (exact) mass is 117 g/mol. The first-order chi connectivity index (χ1) is 3.27. The number of hydrogen-bond acceptors (Lipinski definition) is 2. The molecule has 0 rings (SSSR count). The lowest BCUT2D eigenvalue weighted by atomic mass is 10.6. The second kappa shape index (κ2) is 4.19. The summed E-state index contributed by atoms with van der Waals surface area (Å²) in [5, 5.41) is 0.193. The van der Waals surface area contributed by atoms with Gasteiger partial charge in [-0.1, -0.05) is 18.7 Å². The highest BCUT2D eigenvalue weighted by atomic mass is 32.2. The lowest BCUT2D eigenvalue weighted by Gasteiger charge is -1.86. The molecule has 0 spiro atoms. The van der Waals surface area contributed by atoms with Crippen LogP contribution in [0.3, 0.4) is 0 Å². The van der Waals surface area contributed by atoms with Crippen LogP contribution in [0.15, 0.2) is 0 Å². The summed E-state index contributed by atoms with van der Waals surface area (Å²) in [6.07, 6.45) is 1.96. The number of rotatable bonds is 2. The molecule has 41 valence electrons. The molecule has 0 aromatic carbocycles. The van der Waals surface area contributed by atoms with Crippen LogP contribution in [0.4, 0.5) is 0 Å². The van der Waals surface area contributed by atoms with Crippen molar-refractivity contribution >= 4 is 16.9 Å². The topological polar surface area (TPSA) is 17.1 Å². The van der Waals surface area contributed by atoms with E-state index in [-0.39, 0.29) is 5.12 Å². The molecule has 0 heterocycles. The molecule has 0 aliphatic rings. The Morgan fingerprint density at radius 1 is 1.86 bits per heavy atom. The van der Waals surface area contributed by atoms with Crippen LogP contribution in [-0.2, 0) is 4.79 Å². The van der Waals surface area contributed by atoms with E-state index < -0.39 is 0 Å². The molecule has 1 nitrogen and oxygen atoms in total. The van der Waals surface area contributed by atoms with Crippen LogP contribution in [0.2, 0.25) is 0 Å². The fourth-order valence-electron chi connectivity index (χ4n) is 0.201. The number of carbonyl (C=O) groups excluding carboxylic acids is 1. The first kappa shape index (κ1) is 7.02. The van der Waals surface area contributed by atoms with E-state index in [2.05, 4.69) is 0 Å². The van der Waals surface area contributed by atoms with Gasteiger partial charge in [-0.25, -0.2) is 0 Å². The molecule has 0 aromatic heterocycles. The zero-order chi connectivity index (χ0) is 5.70. The van der Waals surface area contributed by atoms with Gasteiger partial charge in [-0.05, 0) is 6.42 Å². The summed E-state index contributed by atoms with van der Waals surface area (Å²) in [4.78, 5) is 10.1. The first-order valence-electron chi connectivity index (χ1n) is 2.18. The van der Waals surface area contributed by atoms with Crippen LogP contribution in [0.5, 0.6) is 0 Å². The number of hydrogen-bond donors (Lipinski definition) is 0. The van der Waals surface area contributed by atoms with Gasteiger partial charge in [0.05, 0.1) is 0 Å². The lowest BCUT2D eigenvalue weighted by Crippen LogP contribution is -1.82. The van der Waals surface area contributed by atoms with Crippen molar-refractivity contribution in [2.24, 2.45) is 0 Å². The Kier molecular flexibility index (Phi) is 4.20. The third-order valence-corrected chi connectivity index (χ3v) is 1.36. The van der Waals surface area contributed by atoms with Crippen molar-refractivity contribution in [1.82, 2.24) is 0 Å². The average Bonchev–Trinajstić information content (AvgIpc) is 1.61. The van der Waals surface area contributed by atoms with E-state index >= 15 is 0 Å². The maximum Gasteiger partial charge on any atom is 0.185 e. The van der Waals surface area contributed by atoms with E-state index in [0.717, 1.165) is 5.75 Å². The molecule has 0 atom stereocenters. The number of carbonyl (C=O) groups is 1. The van der Waals surface area contributed by atoms with Gasteiger partial charge >= 0.3 is 0 Å². The third-order valence-electron chi connectivity index (χ3n) is 0.453. The molecule has 0 saturated heterocycles. The molecule has 1 radical (unpaired) electrons. The van der Waals surface area contributed by atoms with Crippen LogP contribution in [0.25, 0.3) is 0 Å². The van der Waals surface area contributed by atoms with E-state index in [1.807, 2.05) is 13.3 Å². The van der Waals surface area contributed by atoms with Crippen molar-refractivity contribution in [1.29, 1.82) is 0 Å². The molecule has 0 aromatic rings. The SMILES string of the molecule is C[CH]CSC(C)=O. The van der Waals surface area contributed by atoms with Crippen LogP contribution in [-0.4, -0.2) is 10.9 Å².